The highest BCUT2D eigenvalue weighted by Crippen LogP contribution is 2.23. The van der Waals surface area contributed by atoms with Gasteiger partial charge in [0.2, 0.25) is 0 Å². The zero-order valence-corrected chi connectivity index (χ0v) is 11.3. The molecule has 0 bridgehead atoms. The molecule has 4 heteroatoms. The van der Waals surface area contributed by atoms with Gasteiger partial charge in [0.05, 0.1) is 12.1 Å². The topological polar surface area (TPSA) is 20.3 Å². The molecule has 0 N–H and O–H groups in total. The largest absolute Gasteiger partial charge is 0.293 e. The van der Waals surface area contributed by atoms with Gasteiger partial charge >= 0.3 is 0 Å². The number of piperidine rings is 1. The van der Waals surface area contributed by atoms with E-state index in [1.807, 2.05) is 0 Å². The lowest BCUT2D eigenvalue weighted by Gasteiger charge is -2.38. The first-order valence-electron chi connectivity index (χ1n) is 6.73. The Bertz CT molecular complexity index is 465. The first kappa shape index (κ1) is 14.1. The van der Waals surface area contributed by atoms with E-state index in [0.717, 1.165) is 31.4 Å². The van der Waals surface area contributed by atoms with Gasteiger partial charge in [-0.1, -0.05) is 6.42 Å². The summed E-state index contributed by atoms with van der Waals surface area (Å²) < 4.78 is 26.4. The molecule has 2 nitrogen and oxygen atoms in total. The maximum absolute atomic E-state index is 13.6. The molecule has 19 heavy (non-hydrogen) atoms. The second kappa shape index (κ2) is 5.78. The lowest BCUT2D eigenvalue weighted by atomic mass is 9.96. The Morgan fingerprint density at radius 2 is 1.89 bits per heavy atom. The standard InChI is InChI=1S/C15H19F2NO/c1-10-4-3-5-11(2)18(10)9-15(19)13-7-6-12(16)8-14(13)17/h6-8,10-11H,3-5,9H2,1-2H3. The van der Waals surface area contributed by atoms with Crippen molar-refractivity contribution in [2.75, 3.05) is 6.54 Å². The number of likely N-dealkylation sites (tertiary alicyclic amines) is 1. The smallest absolute Gasteiger partial charge is 0.179 e. The van der Waals surface area contributed by atoms with E-state index in [4.69, 9.17) is 0 Å². The molecular formula is C15H19F2NO. The number of hydrogen-bond acceptors (Lipinski definition) is 2. The van der Waals surface area contributed by atoms with E-state index in [9.17, 15) is 13.6 Å². The van der Waals surface area contributed by atoms with Crippen LogP contribution in [-0.2, 0) is 0 Å². The Balaban J connectivity index is 2.11. The fraction of sp³-hybridized carbons (Fsp3) is 0.533. The van der Waals surface area contributed by atoms with Crippen molar-refractivity contribution in [3.63, 3.8) is 0 Å². The highest BCUT2D eigenvalue weighted by molar-refractivity contribution is 5.97. The molecule has 0 amide bonds. The van der Waals surface area contributed by atoms with Crippen LogP contribution in [0.25, 0.3) is 0 Å². The molecule has 1 saturated heterocycles. The van der Waals surface area contributed by atoms with Crippen molar-refractivity contribution >= 4 is 5.78 Å². The predicted molar refractivity (Wildman–Crippen MR) is 70.2 cm³/mol. The number of carbonyl (C=O) groups is 1. The van der Waals surface area contributed by atoms with Crippen LogP contribution in [0.1, 0.15) is 43.5 Å². The van der Waals surface area contributed by atoms with Gasteiger partial charge in [-0.2, -0.15) is 0 Å². The van der Waals surface area contributed by atoms with Crippen LogP contribution in [0.3, 0.4) is 0 Å². The van der Waals surface area contributed by atoms with E-state index >= 15 is 0 Å². The summed E-state index contributed by atoms with van der Waals surface area (Å²) in [5, 5.41) is 0. The second-order valence-electron chi connectivity index (χ2n) is 5.35. The number of benzene rings is 1. The minimum absolute atomic E-state index is 0.0219. The molecule has 0 aliphatic carbocycles. The first-order chi connectivity index (χ1) is 8.99. The lowest BCUT2D eigenvalue weighted by molar-refractivity contribution is 0.0731. The molecule has 1 aliphatic heterocycles. The van der Waals surface area contributed by atoms with Crippen molar-refractivity contribution in [1.82, 2.24) is 4.90 Å². The summed E-state index contributed by atoms with van der Waals surface area (Å²) in [6, 6.07) is 3.77. The van der Waals surface area contributed by atoms with E-state index < -0.39 is 11.6 Å². The van der Waals surface area contributed by atoms with Crippen molar-refractivity contribution in [3.05, 3.63) is 35.4 Å². The van der Waals surface area contributed by atoms with E-state index in [0.29, 0.717) is 12.1 Å². The van der Waals surface area contributed by atoms with Gasteiger partial charge in [0.25, 0.3) is 0 Å². The van der Waals surface area contributed by atoms with Crippen LogP contribution in [-0.4, -0.2) is 29.3 Å². The highest BCUT2D eigenvalue weighted by Gasteiger charge is 2.27. The summed E-state index contributed by atoms with van der Waals surface area (Å²) in [5.41, 5.74) is -0.0219. The SMILES string of the molecule is CC1CCCC(C)N1CC(=O)c1ccc(F)cc1F. The second-order valence-corrected chi connectivity index (χ2v) is 5.35. The molecule has 1 aromatic rings. The molecule has 0 radical (unpaired) electrons. The van der Waals surface area contributed by atoms with Crippen LogP contribution < -0.4 is 0 Å². The quantitative estimate of drug-likeness (QED) is 0.782. The Morgan fingerprint density at radius 3 is 2.47 bits per heavy atom. The molecular weight excluding hydrogens is 248 g/mol. The molecule has 1 fully saturated rings. The Morgan fingerprint density at radius 1 is 1.26 bits per heavy atom. The summed E-state index contributed by atoms with van der Waals surface area (Å²) in [6.07, 6.45) is 3.28. The van der Waals surface area contributed by atoms with Crippen LogP contribution in [0.4, 0.5) is 8.78 Å². The minimum Gasteiger partial charge on any atom is -0.293 e. The first-order valence-corrected chi connectivity index (χ1v) is 6.73. The number of ketones is 1. The summed E-state index contributed by atoms with van der Waals surface area (Å²) in [6.45, 7) is 4.37. The minimum atomic E-state index is -0.776. The van der Waals surface area contributed by atoms with Crippen LogP contribution in [0.2, 0.25) is 0 Å². The Kier molecular flexibility index (Phi) is 4.30. The Hall–Kier alpha value is -1.29. The molecule has 2 rings (SSSR count). The fourth-order valence-electron chi connectivity index (χ4n) is 2.75. The monoisotopic (exact) mass is 267 g/mol. The molecule has 1 aliphatic rings. The third-order valence-corrected chi connectivity index (χ3v) is 3.93. The van der Waals surface area contributed by atoms with E-state index in [-0.39, 0.29) is 17.9 Å². The van der Waals surface area contributed by atoms with Crippen LogP contribution >= 0.6 is 0 Å². The zero-order valence-electron chi connectivity index (χ0n) is 11.3. The maximum Gasteiger partial charge on any atom is 0.179 e. The van der Waals surface area contributed by atoms with Gasteiger partial charge in [-0.05, 0) is 38.8 Å². The number of hydrogen-bond donors (Lipinski definition) is 0. The summed E-state index contributed by atoms with van der Waals surface area (Å²) in [4.78, 5) is 14.2. The van der Waals surface area contributed by atoms with Gasteiger partial charge < -0.3 is 0 Å². The predicted octanol–water partition coefficient (Wildman–Crippen LogP) is 3.41. The van der Waals surface area contributed by atoms with Crippen LogP contribution in [0.15, 0.2) is 18.2 Å². The van der Waals surface area contributed by atoms with Gasteiger partial charge in [0, 0.05) is 18.2 Å². The molecule has 2 atom stereocenters. The number of carbonyl (C=O) groups excluding carboxylic acids is 1. The van der Waals surface area contributed by atoms with Crippen molar-refractivity contribution in [1.29, 1.82) is 0 Å². The van der Waals surface area contributed by atoms with Crippen molar-refractivity contribution in [3.8, 4) is 0 Å². The summed E-state index contributed by atoms with van der Waals surface area (Å²) in [5.74, 6) is -1.71. The van der Waals surface area contributed by atoms with Crippen molar-refractivity contribution in [2.24, 2.45) is 0 Å². The van der Waals surface area contributed by atoms with E-state index in [1.165, 1.54) is 6.07 Å². The van der Waals surface area contributed by atoms with Crippen molar-refractivity contribution in [2.45, 2.75) is 45.2 Å². The molecule has 0 saturated carbocycles. The average molecular weight is 267 g/mol. The van der Waals surface area contributed by atoms with Crippen molar-refractivity contribution < 1.29 is 13.6 Å². The summed E-state index contributed by atoms with van der Waals surface area (Å²) in [7, 11) is 0. The molecule has 0 aromatic heterocycles. The summed E-state index contributed by atoms with van der Waals surface area (Å²) >= 11 is 0. The number of rotatable bonds is 3. The number of Topliss-reactive ketones (excluding diaryl/α,β-unsaturated/α-hetero) is 1. The van der Waals surface area contributed by atoms with E-state index in [1.54, 1.807) is 0 Å². The van der Waals surface area contributed by atoms with Crippen LogP contribution in [0.5, 0.6) is 0 Å². The normalized spacial score (nSPS) is 24.4. The third-order valence-electron chi connectivity index (χ3n) is 3.93. The number of halogens is 2. The molecule has 1 heterocycles. The van der Waals surface area contributed by atoms with Gasteiger partial charge in [0.1, 0.15) is 11.6 Å². The molecule has 1 aromatic carbocycles. The Labute approximate surface area is 112 Å². The van der Waals surface area contributed by atoms with Gasteiger partial charge in [-0.25, -0.2) is 8.78 Å². The molecule has 0 spiro atoms. The third kappa shape index (κ3) is 3.18. The number of nitrogens with zero attached hydrogens (tertiary/aromatic N) is 1. The molecule has 2 unspecified atom stereocenters. The van der Waals surface area contributed by atoms with Crippen LogP contribution in [0, 0.1) is 11.6 Å². The van der Waals surface area contributed by atoms with E-state index in [2.05, 4.69) is 18.7 Å². The lowest BCUT2D eigenvalue weighted by Crippen LogP contribution is -2.46. The average Bonchev–Trinajstić information content (AvgIpc) is 2.33. The molecule has 104 valence electrons. The maximum atomic E-state index is 13.6. The van der Waals surface area contributed by atoms with Gasteiger partial charge in [-0.3, -0.25) is 9.69 Å². The van der Waals surface area contributed by atoms with Gasteiger partial charge in [-0.15, -0.1) is 0 Å². The highest BCUT2D eigenvalue weighted by atomic mass is 19.1. The zero-order chi connectivity index (χ0) is 14.0. The van der Waals surface area contributed by atoms with Gasteiger partial charge in [0.15, 0.2) is 5.78 Å². The fourth-order valence-corrected chi connectivity index (χ4v) is 2.75.